The summed E-state index contributed by atoms with van der Waals surface area (Å²) in [4.78, 5) is 20.8. The molecule has 0 atom stereocenters. The monoisotopic (exact) mass is 351 g/mol. The van der Waals surface area contributed by atoms with E-state index < -0.39 is 0 Å². The summed E-state index contributed by atoms with van der Waals surface area (Å²) in [6.07, 6.45) is 9.10. The highest BCUT2D eigenvalue weighted by Gasteiger charge is 2.14. The first-order valence-corrected chi connectivity index (χ1v) is 8.93. The average molecular weight is 351 g/mol. The van der Waals surface area contributed by atoms with E-state index in [4.69, 9.17) is 0 Å². The molecule has 3 rings (SSSR count). The third kappa shape index (κ3) is 4.25. The number of aromatic nitrogens is 5. The van der Waals surface area contributed by atoms with Crippen molar-refractivity contribution in [1.82, 2.24) is 24.3 Å². The predicted molar refractivity (Wildman–Crippen MR) is 102 cm³/mol. The van der Waals surface area contributed by atoms with Crippen LogP contribution in [0.25, 0.3) is 16.9 Å². The minimum atomic E-state index is 0.00539. The minimum Gasteiger partial charge on any atom is -0.313 e. The summed E-state index contributed by atoms with van der Waals surface area (Å²) in [5, 5.41) is 4.61. The molecule has 0 aromatic carbocycles. The highest BCUT2D eigenvalue weighted by atomic mass is 16.1. The van der Waals surface area contributed by atoms with Gasteiger partial charge in [0.25, 0.3) is 5.56 Å². The van der Waals surface area contributed by atoms with Gasteiger partial charge in [0.05, 0.1) is 11.4 Å². The Balaban J connectivity index is 1.84. The second-order valence-electron chi connectivity index (χ2n) is 7.69. The molecule has 0 unspecified atom stereocenters. The average Bonchev–Trinajstić information content (AvgIpc) is 3.06. The van der Waals surface area contributed by atoms with Gasteiger partial charge in [-0.25, -0.2) is 14.6 Å². The van der Waals surface area contributed by atoms with E-state index in [0.717, 1.165) is 35.6 Å². The maximum atomic E-state index is 11.9. The molecule has 0 saturated carbocycles. The van der Waals surface area contributed by atoms with Gasteiger partial charge < -0.3 is 4.57 Å². The van der Waals surface area contributed by atoms with Crippen LogP contribution >= 0.6 is 0 Å². The van der Waals surface area contributed by atoms with Gasteiger partial charge in [-0.3, -0.25) is 4.79 Å². The van der Waals surface area contributed by atoms with Gasteiger partial charge in [-0.1, -0.05) is 27.7 Å². The highest BCUT2D eigenvalue weighted by Crippen LogP contribution is 2.20. The van der Waals surface area contributed by atoms with E-state index in [2.05, 4.69) is 42.8 Å². The molecule has 136 valence electrons. The molecule has 0 spiro atoms. The van der Waals surface area contributed by atoms with Crippen LogP contribution in [-0.2, 0) is 13.0 Å². The number of rotatable bonds is 5. The molecular formula is C20H25N5O. The van der Waals surface area contributed by atoms with Crippen LogP contribution in [0.15, 0.2) is 47.8 Å². The van der Waals surface area contributed by atoms with Crippen LogP contribution in [0.1, 0.15) is 39.9 Å². The summed E-state index contributed by atoms with van der Waals surface area (Å²) < 4.78 is 3.48. The van der Waals surface area contributed by atoms with Gasteiger partial charge in [0.2, 0.25) is 0 Å². The van der Waals surface area contributed by atoms with Gasteiger partial charge >= 0.3 is 0 Å². The normalized spacial score (nSPS) is 11.7. The SMILES string of the molecule is CCCn1cc(-n2ccc(-c3cnc(CC(C)(C)C)nc3)n2)ccc1=O. The zero-order chi connectivity index (χ0) is 18.7. The predicted octanol–water partition coefficient (Wildman–Crippen LogP) is 3.49. The lowest BCUT2D eigenvalue weighted by Gasteiger charge is -2.16. The number of hydrogen-bond donors (Lipinski definition) is 0. The topological polar surface area (TPSA) is 65.6 Å². The van der Waals surface area contributed by atoms with Gasteiger partial charge in [-0.15, -0.1) is 0 Å². The largest absolute Gasteiger partial charge is 0.313 e. The molecule has 0 aliphatic rings. The molecule has 6 nitrogen and oxygen atoms in total. The Morgan fingerprint density at radius 1 is 1.08 bits per heavy atom. The first-order chi connectivity index (χ1) is 12.4. The summed E-state index contributed by atoms with van der Waals surface area (Å²) in [5.74, 6) is 0.840. The fourth-order valence-electron chi connectivity index (χ4n) is 2.74. The number of aryl methyl sites for hydroxylation is 1. The van der Waals surface area contributed by atoms with Crippen LogP contribution in [0, 0.1) is 5.41 Å². The van der Waals surface area contributed by atoms with Crippen molar-refractivity contribution in [2.45, 2.75) is 47.1 Å². The van der Waals surface area contributed by atoms with Crippen LogP contribution in [0.5, 0.6) is 0 Å². The molecule has 0 N–H and O–H groups in total. The number of pyridine rings is 1. The zero-order valence-electron chi connectivity index (χ0n) is 15.8. The van der Waals surface area contributed by atoms with E-state index in [0.29, 0.717) is 6.54 Å². The van der Waals surface area contributed by atoms with Gasteiger partial charge in [0.1, 0.15) is 5.82 Å². The second kappa shape index (κ2) is 7.23. The Hall–Kier alpha value is -2.76. The molecule has 0 fully saturated rings. The molecule has 0 saturated heterocycles. The van der Waals surface area contributed by atoms with Crippen LogP contribution in [0.3, 0.4) is 0 Å². The maximum Gasteiger partial charge on any atom is 0.250 e. The smallest absolute Gasteiger partial charge is 0.250 e. The Kier molecular flexibility index (Phi) is 5.02. The van der Waals surface area contributed by atoms with E-state index in [9.17, 15) is 4.79 Å². The van der Waals surface area contributed by atoms with Gasteiger partial charge in [0, 0.05) is 49.4 Å². The molecule has 0 aliphatic heterocycles. The van der Waals surface area contributed by atoms with Crippen LogP contribution in [0.4, 0.5) is 0 Å². The van der Waals surface area contributed by atoms with Crippen molar-refractivity contribution in [1.29, 1.82) is 0 Å². The van der Waals surface area contributed by atoms with Gasteiger partial charge in [0.15, 0.2) is 0 Å². The highest BCUT2D eigenvalue weighted by molar-refractivity contribution is 5.56. The molecule has 6 heteroatoms. The minimum absolute atomic E-state index is 0.00539. The van der Waals surface area contributed by atoms with Crippen LogP contribution in [0.2, 0.25) is 0 Å². The van der Waals surface area contributed by atoms with Crippen molar-refractivity contribution in [3.05, 3.63) is 59.2 Å². The summed E-state index contributed by atoms with van der Waals surface area (Å²) in [5.41, 5.74) is 2.70. The summed E-state index contributed by atoms with van der Waals surface area (Å²) in [6, 6.07) is 5.29. The first-order valence-electron chi connectivity index (χ1n) is 8.93. The Morgan fingerprint density at radius 3 is 2.46 bits per heavy atom. The van der Waals surface area contributed by atoms with E-state index in [1.54, 1.807) is 21.4 Å². The summed E-state index contributed by atoms with van der Waals surface area (Å²) >= 11 is 0. The summed E-state index contributed by atoms with van der Waals surface area (Å²) in [7, 11) is 0. The molecule has 3 aromatic rings. The third-order valence-corrected chi connectivity index (χ3v) is 3.98. The molecule has 0 bridgehead atoms. The Labute approximate surface area is 153 Å². The quantitative estimate of drug-likeness (QED) is 0.706. The molecule has 0 radical (unpaired) electrons. The third-order valence-electron chi connectivity index (χ3n) is 3.98. The van der Waals surface area contributed by atoms with Crippen molar-refractivity contribution in [3.8, 4) is 16.9 Å². The van der Waals surface area contributed by atoms with Gasteiger partial charge in [-0.05, 0) is 24.0 Å². The van der Waals surface area contributed by atoms with Crippen molar-refractivity contribution < 1.29 is 0 Å². The lowest BCUT2D eigenvalue weighted by Crippen LogP contribution is -2.19. The molecule has 0 amide bonds. The second-order valence-corrected chi connectivity index (χ2v) is 7.69. The van der Waals surface area contributed by atoms with Crippen LogP contribution in [-0.4, -0.2) is 24.3 Å². The van der Waals surface area contributed by atoms with Crippen LogP contribution < -0.4 is 5.56 Å². The van der Waals surface area contributed by atoms with E-state index in [1.165, 1.54) is 0 Å². The van der Waals surface area contributed by atoms with Crippen molar-refractivity contribution in [3.63, 3.8) is 0 Å². The van der Waals surface area contributed by atoms with Gasteiger partial charge in [-0.2, -0.15) is 5.10 Å². The van der Waals surface area contributed by atoms with Crippen molar-refractivity contribution in [2.75, 3.05) is 0 Å². The molecule has 3 heterocycles. The maximum absolute atomic E-state index is 11.9. The Morgan fingerprint density at radius 2 is 1.81 bits per heavy atom. The number of hydrogen-bond acceptors (Lipinski definition) is 4. The number of nitrogens with zero attached hydrogens (tertiary/aromatic N) is 5. The zero-order valence-corrected chi connectivity index (χ0v) is 15.8. The molecule has 26 heavy (non-hydrogen) atoms. The first kappa shape index (κ1) is 18.0. The van der Waals surface area contributed by atoms with E-state index in [-0.39, 0.29) is 11.0 Å². The molecule has 3 aromatic heterocycles. The fraction of sp³-hybridized carbons (Fsp3) is 0.400. The molecular weight excluding hydrogens is 326 g/mol. The molecule has 0 aliphatic carbocycles. The summed E-state index contributed by atoms with van der Waals surface area (Å²) in [6.45, 7) is 9.26. The van der Waals surface area contributed by atoms with Crippen molar-refractivity contribution >= 4 is 0 Å². The fourth-order valence-corrected chi connectivity index (χ4v) is 2.74. The lowest BCUT2D eigenvalue weighted by molar-refractivity contribution is 0.400. The lowest BCUT2D eigenvalue weighted by atomic mass is 9.92. The Bertz CT molecular complexity index is 932. The van der Waals surface area contributed by atoms with Crippen molar-refractivity contribution in [2.24, 2.45) is 5.41 Å². The van der Waals surface area contributed by atoms with E-state index in [1.807, 2.05) is 30.9 Å². The standard InChI is InChI=1S/C20H25N5O/c1-5-9-24-14-16(6-7-19(24)26)25-10-8-17(23-25)15-12-21-18(22-13-15)11-20(2,3)4/h6-8,10,12-14H,5,9,11H2,1-4H3. The van der Waals surface area contributed by atoms with E-state index >= 15 is 0 Å².